The van der Waals surface area contributed by atoms with Crippen LogP contribution in [0.25, 0.3) is 0 Å². The van der Waals surface area contributed by atoms with Gasteiger partial charge in [-0.2, -0.15) is 10.4 Å². The fourth-order valence-corrected chi connectivity index (χ4v) is 1.88. The maximum atomic E-state index is 9.13. The smallest absolute Gasteiger partial charge is 0.143 e. The van der Waals surface area contributed by atoms with Crippen LogP contribution in [0.2, 0.25) is 0 Å². The molecule has 2 aromatic rings. The first-order chi connectivity index (χ1) is 9.17. The van der Waals surface area contributed by atoms with Crippen LogP contribution in [-0.2, 0) is 13.6 Å². The molecular weight excluding hydrogens is 240 g/mol. The summed E-state index contributed by atoms with van der Waals surface area (Å²) < 4.78 is 7.10. The predicted molar refractivity (Wildman–Crippen MR) is 73.0 cm³/mol. The minimum absolute atomic E-state index is 0.570. The number of nitrogens with one attached hydrogen (secondary N) is 1. The van der Waals surface area contributed by atoms with Crippen LogP contribution in [0.15, 0.2) is 24.4 Å². The van der Waals surface area contributed by atoms with Gasteiger partial charge in [-0.1, -0.05) is 6.07 Å². The second-order valence-corrected chi connectivity index (χ2v) is 4.23. The van der Waals surface area contributed by atoms with Gasteiger partial charge < -0.3 is 10.1 Å². The van der Waals surface area contributed by atoms with Crippen molar-refractivity contribution in [2.45, 2.75) is 13.5 Å². The van der Waals surface area contributed by atoms with Crippen LogP contribution >= 0.6 is 0 Å². The van der Waals surface area contributed by atoms with Crippen LogP contribution in [0.1, 0.15) is 16.8 Å². The lowest BCUT2D eigenvalue weighted by atomic mass is 10.1. The van der Waals surface area contributed by atoms with Crippen molar-refractivity contribution in [1.29, 1.82) is 5.26 Å². The Morgan fingerprint density at radius 1 is 1.47 bits per heavy atom. The van der Waals surface area contributed by atoms with E-state index in [2.05, 4.69) is 16.5 Å². The van der Waals surface area contributed by atoms with Crippen LogP contribution in [0.4, 0.5) is 5.69 Å². The minimum atomic E-state index is 0.570. The number of nitrogens with zero attached hydrogens (tertiary/aromatic N) is 3. The number of aryl methyl sites for hydroxylation is 1. The summed E-state index contributed by atoms with van der Waals surface area (Å²) >= 11 is 0. The lowest BCUT2D eigenvalue weighted by molar-refractivity contribution is 0.416. The number of anilines is 1. The molecule has 19 heavy (non-hydrogen) atoms. The molecule has 0 bridgehead atoms. The van der Waals surface area contributed by atoms with Crippen LogP contribution in [-0.4, -0.2) is 16.9 Å². The van der Waals surface area contributed by atoms with Crippen LogP contribution in [0.5, 0.6) is 5.75 Å². The van der Waals surface area contributed by atoms with Crippen LogP contribution in [0, 0.1) is 18.3 Å². The van der Waals surface area contributed by atoms with Crippen molar-refractivity contribution >= 4 is 5.69 Å². The molecule has 0 aliphatic carbocycles. The molecule has 1 N–H and O–H groups in total. The number of hydrogen-bond acceptors (Lipinski definition) is 4. The molecule has 0 saturated heterocycles. The largest absolute Gasteiger partial charge is 0.495 e. The summed E-state index contributed by atoms with van der Waals surface area (Å²) in [5.74, 6) is 0.667. The summed E-state index contributed by atoms with van der Waals surface area (Å²) in [4.78, 5) is 0. The van der Waals surface area contributed by atoms with Gasteiger partial charge in [-0.15, -0.1) is 0 Å². The number of rotatable bonds is 4. The highest BCUT2D eigenvalue weighted by Crippen LogP contribution is 2.28. The monoisotopic (exact) mass is 256 g/mol. The Hall–Kier alpha value is -2.48. The molecule has 0 aliphatic heterocycles. The quantitative estimate of drug-likeness (QED) is 0.911. The number of nitriles is 1. The van der Waals surface area contributed by atoms with E-state index >= 15 is 0 Å². The Balaban J connectivity index is 2.24. The standard InChI is InChI=1S/C14H16N4O/c1-10-12(9-17-18(10)2)8-16-14-11(7-15)5-4-6-13(14)19-3/h4-6,9,16H,8H2,1-3H3. The Bertz CT molecular complexity index is 625. The summed E-state index contributed by atoms with van der Waals surface area (Å²) in [6, 6.07) is 7.56. The second-order valence-electron chi connectivity index (χ2n) is 4.23. The molecular formula is C14H16N4O. The van der Waals surface area contributed by atoms with E-state index in [9.17, 15) is 0 Å². The topological polar surface area (TPSA) is 62.9 Å². The molecule has 5 heteroatoms. The number of para-hydroxylation sites is 1. The molecule has 5 nitrogen and oxygen atoms in total. The zero-order valence-corrected chi connectivity index (χ0v) is 11.3. The van der Waals surface area contributed by atoms with E-state index in [0.29, 0.717) is 17.9 Å². The van der Waals surface area contributed by atoms with E-state index in [1.165, 1.54) is 0 Å². The molecule has 0 saturated carbocycles. The molecule has 0 unspecified atom stereocenters. The third kappa shape index (κ3) is 2.52. The summed E-state index contributed by atoms with van der Waals surface area (Å²) in [5.41, 5.74) is 3.48. The molecule has 0 fully saturated rings. The summed E-state index contributed by atoms with van der Waals surface area (Å²) in [7, 11) is 3.50. The van der Waals surface area contributed by atoms with Gasteiger partial charge in [-0.25, -0.2) is 0 Å². The van der Waals surface area contributed by atoms with Crippen molar-refractivity contribution in [3.05, 3.63) is 41.2 Å². The Morgan fingerprint density at radius 2 is 2.26 bits per heavy atom. The maximum Gasteiger partial charge on any atom is 0.143 e. The zero-order valence-electron chi connectivity index (χ0n) is 11.3. The van der Waals surface area contributed by atoms with Crippen molar-refractivity contribution in [2.24, 2.45) is 7.05 Å². The first-order valence-electron chi connectivity index (χ1n) is 5.95. The summed E-state index contributed by atoms with van der Waals surface area (Å²) in [6.07, 6.45) is 1.82. The second kappa shape index (κ2) is 5.44. The number of benzene rings is 1. The van der Waals surface area contributed by atoms with Gasteiger partial charge in [0.25, 0.3) is 0 Å². The molecule has 1 heterocycles. The molecule has 2 rings (SSSR count). The molecule has 0 radical (unpaired) electrons. The predicted octanol–water partition coefficient (Wildman–Crippen LogP) is 2.22. The number of ether oxygens (including phenoxy) is 1. The van der Waals surface area contributed by atoms with Crippen molar-refractivity contribution in [3.63, 3.8) is 0 Å². The van der Waals surface area contributed by atoms with Crippen molar-refractivity contribution in [1.82, 2.24) is 9.78 Å². The lowest BCUT2D eigenvalue weighted by Gasteiger charge is -2.12. The first kappa shape index (κ1) is 13.0. The molecule has 98 valence electrons. The van der Waals surface area contributed by atoms with Crippen LogP contribution in [0.3, 0.4) is 0 Å². The SMILES string of the molecule is COc1cccc(C#N)c1NCc1cnn(C)c1C. The highest BCUT2D eigenvalue weighted by atomic mass is 16.5. The van der Waals surface area contributed by atoms with Crippen molar-refractivity contribution in [2.75, 3.05) is 12.4 Å². The maximum absolute atomic E-state index is 9.13. The van der Waals surface area contributed by atoms with Gasteiger partial charge in [0, 0.05) is 24.8 Å². The van der Waals surface area contributed by atoms with Crippen molar-refractivity contribution < 1.29 is 4.74 Å². The minimum Gasteiger partial charge on any atom is -0.495 e. The van der Waals surface area contributed by atoms with Gasteiger partial charge in [-0.05, 0) is 19.1 Å². The molecule has 1 aromatic carbocycles. The van der Waals surface area contributed by atoms with Gasteiger partial charge in [0.1, 0.15) is 11.8 Å². The average molecular weight is 256 g/mol. The van der Waals surface area contributed by atoms with E-state index < -0.39 is 0 Å². The highest BCUT2D eigenvalue weighted by Gasteiger charge is 2.10. The molecule has 0 spiro atoms. The first-order valence-corrected chi connectivity index (χ1v) is 5.95. The third-order valence-electron chi connectivity index (χ3n) is 3.16. The van der Waals surface area contributed by atoms with Gasteiger partial charge in [-0.3, -0.25) is 4.68 Å². The average Bonchev–Trinajstić information content (AvgIpc) is 2.76. The Morgan fingerprint density at radius 3 is 2.84 bits per heavy atom. The van der Waals surface area contributed by atoms with Gasteiger partial charge in [0.05, 0.1) is 24.6 Å². The zero-order chi connectivity index (χ0) is 13.8. The van der Waals surface area contributed by atoms with Gasteiger partial charge in [0.2, 0.25) is 0 Å². The summed E-state index contributed by atoms with van der Waals surface area (Å²) in [6.45, 7) is 2.62. The third-order valence-corrected chi connectivity index (χ3v) is 3.16. The lowest BCUT2D eigenvalue weighted by Crippen LogP contribution is -2.04. The normalized spacial score (nSPS) is 10.0. The van der Waals surface area contributed by atoms with E-state index in [0.717, 1.165) is 16.9 Å². The van der Waals surface area contributed by atoms with E-state index in [1.54, 1.807) is 19.2 Å². The number of hydrogen-bond donors (Lipinski definition) is 1. The van der Waals surface area contributed by atoms with Gasteiger partial charge >= 0.3 is 0 Å². The number of methoxy groups -OCH3 is 1. The van der Waals surface area contributed by atoms with E-state index in [-0.39, 0.29) is 0 Å². The Labute approximate surface area is 112 Å². The molecule has 1 aromatic heterocycles. The molecule has 0 atom stereocenters. The van der Waals surface area contributed by atoms with E-state index in [4.69, 9.17) is 10.00 Å². The fourth-order valence-electron chi connectivity index (χ4n) is 1.88. The van der Waals surface area contributed by atoms with Crippen LogP contribution < -0.4 is 10.1 Å². The summed E-state index contributed by atoms with van der Waals surface area (Å²) in [5, 5.41) is 16.6. The van der Waals surface area contributed by atoms with Crippen molar-refractivity contribution in [3.8, 4) is 11.8 Å². The van der Waals surface area contributed by atoms with E-state index in [1.807, 2.05) is 30.9 Å². The van der Waals surface area contributed by atoms with Gasteiger partial charge in [0.15, 0.2) is 0 Å². The molecule has 0 amide bonds. The highest BCUT2D eigenvalue weighted by molar-refractivity contribution is 5.66. The number of aromatic nitrogens is 2. The Kier molecular flexibility index (Phi) is 3.71. The fraction of sp³-hybridized carbons (Fsp3) is 0.286. The molecule has 0 aliphatic rings.